The summed E-state index contributed by atoms with van der Waals surface area (Å²) in [7, 11) is 2.09. The van der Waals surface area contributed by atoms with Crippen molar-refractivity contribution < 1.29 is 0 Å². The van der Waals surface area contributed by atoms with E-state index in [2.05, 4.69) is 24.3 Å². The van der Waals surface area contributed by atoms with Crippen LogP contribution in [0.5, 0.6) is 0 Å². The summed E-state index contributed by atoms with van der Waals surface area (Å²) in [5, 5.41) is 0.800. The van der Waals surface area contributed by atoms with Gasteiger partial charge in [-0.05, 0) is 24.9 Å². The number of hydrogen-bond donors (Lipinski definition) is 1. The molecule has 0 saturated carbocycles. The highest BCUT2D eigenvalue weighted by molar-refractivity contribution is 7.98. The molecule has 0 spiro atoms. The van der Waals surface area contributed by atoms with E-state index in [0.717, 1.165) is 22.9 Å². The average molecular weight is 259 g/mol. The zero-order valence-electron chi connectivity index (χ0n) is 9.82. The van der Waals surface area contributed by atoms with Crippen LogP contribution in [0.3, 0.4) is 0 Å². The fourth-order valence-corrected chi connectivity index (χ4v) is 2.41. The van der Waals surface area contributed by atoms with E-state index in [1.807, 2.05) is 30.0 Å². The maximum absolute atomic E-state index is 6.19. The van der Waals surface area contributed by atoms with E-state index in [0.29, 0.717) is 6.54 Å². The van der Waals surface area contributed by atoms with Gasteiger partial charge >= 0.3 is 0 Å². The van der Waals surface area contributed by atoms with Gasteiger partial charge in [0.05, 0.1) is 0 Å². The summed E-state index contributed by atoms with van der Waals surface area (Å²) < 4.78 is 0. The van der Waals surface area contributed by atoms with Crippen molar-refractivity contribution in [2.75, 3.05) is 32.1 Å². The predicted octanol–water partition coefficient (Wildman–Crippen LogP) is 2.63. The largest absolute Gasteiger partial charge is 0.329 e. The molecule has 0 fully saturated rings. The number of nitrogens with two attached hydrogens (primary N) is 1. The molecular formula is C12H19ClN2S. The Morgan fingerprint density at radius 2 is 2.12 bits per heavy atom. The molecule has 4 heteroatoms. The Balaban J connectivity index is 2.77. The predicted molar refractivity (Wildman–Crippen MR) is 74.3 cm³/mol. The number of hydrogen-bond acceptors (Lipinski definition) is 3. The average Bonchev–Trinajstić information content (AvgIpc) is 2.30. The van der Waals surface area contributed by atoms with Crippen LogP contribution in [-0.4, -0.2) is 37.0 Å². The van der Waals surface area contributed by atoms with Crippen molar-refractivity contribution in [3.05, 3.63) is 34.9 Å². The third-order valence-electron chi connectivity index (χ3n) is 2.67. The lowest BCUT2D eigenvalue weighted by Crippen LogP contribution is -2.32. The Bertz CT molecular complexity index is 320. The lowest BCUT2D eigenvalue weighted by Gasteiger charge is -2.27. The van der Waals surface area contributed by atoms with Gasteiger partial charge in [0.15, 0.2) is 0 Å². The molecule has 0 amide bonds. The zero-order valence-corrected chi connectivity index (χ0v) is 11.4. The van der Waals surface area contributed by atoms with Crippen LogP contribution in [0.4, 0.5) is 0 Å². The highest BCUT2D eigenvalue weighted by Gasteiger charge is 2.17. The zero-order chi connectivity index (χ0) is 12.0. The van der Waals surface area contributed by atoms with E-state index in [4.69, 9.17) is 17.3 Å². The number of halogens is 1. The molecule has 1 unspecified atom stereocenters. The summed E-state index contributed by atoms with van der Waals surface area (Å²) in [5.41, 5.74) is 6.96. The van der Waals surface area contributed by atoms with Gasteiger partial charge in [-0.3, -0.25) is 4.90 Å². The van der Waals surface area contributed by atoms with Crippen molar-refractivity contribution in [1.29, 1.82) is 0 Å². The smallest absolute Gasteiger partial charge is 0.0482 e. The fraction of sp³-hybridized carbons (Fsp3) is 0.500. The molecule has 16 heavy (non-hydrogen) atoms. The Morgan fingerprint density at radius 3 is 2.69 bits per heavy atom. The molecule has 0 aliphatic carbocycles. The summed E-state index contributed by atoms with van der Waals surface area (Å²) in [6.45, 7) is 1.61. The van der Waals surface area contributed by atoms with Crippen LogP contribution in [-0.2, 0) is 0 Å². The fourth-order valence-electron chi connectivity index (χ4n) is 1.68. The van der Waals surface area contributed by atoms with E-state index in [-0.39, 0.29) is 6.04 Å². The first-order valence-corrected chi connectivity index (χ1v) is 7.11. The van der Waals surface area contributed by atoms with Gasteiger partial charge in [0.1, 0.15) is 0 Å². The molecule has 2 N–H and O–H groups in total. The molecule has 0 radical (unpaired) electrons. The molecule has 1 atom stereocenters. The molecule has 0 saturated heterocycles. The molecule has 0 heterocycles. The highest BCUT2D eigenvalue weighted by atomic mass is 35.5. The molecule has 0 aliphatic rings. The van der Waals surface area contributed by atoms with Gasteiger partial charge in [0.25, 0.3) is 0 Å². The number of nitrogens with zero attached hydrogens (tertiary/aromatic N) is 1. The van der Waals surface area contributed by atoms with Gasteiger partial charge < -0.3 is 5.73 Å². The van der Waals surface area contributed by atoms with E-state index >= 15 is 0 Å². The highest BCUT2D eigenvalue weighted by Crippen LogP contribution is 2.25. The van der Waals surface area contributed by atoms with E-state index in [1.165, 1.54) is 0 Å². The molecule has 90 valence electrons. The standard InChI is InChI=1S/C12H19ClN2S/c1-15(7-8-16-2)12(9-14)10-5-3-4-6-11(10)13/h3-6,12H,7-9,14H2,1-2H3. The van der Waals surface area contributed by atoms with Gasteiger partial charge in [0, 0.05) is 29.9 Å². The SMILES string of the molecule is CSCCN(C)C(CN)c1ccccc1Cl. The van der Waals surface area contributed by atoms with E-state index < -0.39 is 0 Å². The van der Waals surface area contributed by atoms with Crippen LogP contribution in [0.15, 0.2) is 24.3 Å². The van der Waals surface area contributed by atoms with Crippen molar-refractivity contribution in [3.63, 3.8) is 0 Å². The maximum Gasteiger partial charge on any atom is 0.0482 e. The summed E-state index contributed by atoms with van der Waals surface area (Å²) >= 11 is 8.03. The van der Waals surface area contributed by atoms with Crippen LogP contribution < -0.4 is 5.73 Å². The first-order valence-electron chi connectivity index (χ1n) is 5.34. The van der Waals surface area contributed by atoms with Gasteiger partial charge in [-0.1, -0.05) is 29.8 Å². The normalized spacial score (nSPS) is 13.1. The Labute approximate surface area is 107 Å². The van der Waals surface area contributed by atoms with Crippen LogP contribution in [0.1, 0.15) is 11.6 Å². The monoisotopic (exact) mass is 258 g/mol. The first-order chi connectivity index (χ1) is 7.70. The lowest BCUT2D eigenvalue weighted by atomic mass is 10.1. The van der Waals surface area contributed by atoms with Crippen molar-refractivity contribution >= 4 is 23.4 Å². The van der Waals surface area contributed by atoms with Gasteiger partial charge in [0.2, 0.25) is 0 Å². The summed E-state index contributed by atoms with van der Waals surface area (Å²) in [5.74, 6) is 1.11. The maximum atomic E-state index is 6.19. The van der Waals surface area contributed by atoms with Crippen LogP contribution in [0.25, 0.3) is 0 Å². The second kappa shape index (κ2) is 7.17. The van der Waals surface area contributed by atoms with Crippen molar-refractivity contribution in [2.24, 2.45) is 5.73 Å². The summed E-state index contributed by atoms with van der Waals surface area (Å²) in [6, 6.07) is 8.13. The Hall–Kier alpha value is -0.220. The van der Waals surface area contributed by atoms with E-state index in [1.54, 1.807) is 0 Å². The lowest BCUT2D eigenvalue weighted by molar-refractivity contribution is 0.266. The summed E-state index contributed by atoms with van der Waals surface area (Å²) in [6.07, 6.45) is 2.11. The topological polar surface area (TPSA) is 29.3 Å². The number of benzene rings is 1. The van der Waals surface area contributed by atoms with Crippen LogP contribution >= 0.6 is 23.4 Å². The molecule has 2 nitrogen and oxygen atoms in total. The van der Waals surface area contributed by atoms with E-state index in [9.17, 15) is 0 Å². The number of thioether (sulfide) groups is 1. The van der Waals surface area contributed by atoms with Crippen molar-refractivity contribution in [2.45, 2.75) is 6.04 Å². The quantitative estimate of drug-likeness (QED) is 0.851. The van der Waals surface area contributed by atoms with Crippen molar-refractivity contribution in [3.8, 4) is 0 Å². The minimum absolute atomic E-state index is 0.209. The molecule has 1 aromatic rings. The third-order valence-corrected chi connectivity index (χ3v) is 3.60. The number of rotatable bonds is 6. The molecule has 1 aromatic carbocycles. The summed E-state index contributed by atoms with van der Waals surface area (Å²) in [4.78, 5) is 2.26. The van der Waals surface area contributed by atoms with Crippen LogP contribution in [0, 0.1) is 0 Å². The van der Waals surface area contributed by atoms with Gasteiger partial charge in [-0.2, -0.15) is 11.8 Å². The second-order valence-electron chi connectivity index (χ2n) is 3.75. The Kier molecular flexibility index (Phi) is 6.21. The molecular weight excluding hydrogens is 240 g/mol. The third kappa shape index (κ3) is 3.67. The Morgan fingerprint density at radius 1 is 1.44 bits per heavy atom. The van der Waals surface area contributed by atoms with Crippen LogP contribution in [0.2, 0.25) is 5.02 Å². The minimum Gasteiger partial charge on any atom is -0.329 e. The first kappa shape index (κ1) is 13.8. The molecule has 1 rings (SSSR count). The molecule has 0 bridgehead atoms. The van der Waals surface area contributed by atoms with Gasteiger partial charge in [-0.15, -0.1) is 0 Å². The minimum atomic E-state index is 0.209. The van der Waals surface area contributed by atoms with Crippen molar-refractivity contribution in [1.82, 2.24) is 4.90 Å². The van der Waals surface area contributed by atoms with Gasteiger partial charge in [-0.25, -0.2) is 0 Å². The second-order valence-corrected chi connectivity index (χ2v) is 5.14. The molecule has 0 aromatic heterocycles. The number of likely N-dealkylation sites (N-methyl/N-ethyl adjacent to an activating group) is 1. The molecule has 0 aliphatic heterocycles.